The number of fused-ring (bicyclic) bond motifs is 1. The molecule has 0 bridgehead atoms. The van der Waals surface area contributed by atoms with Gasteiger partial charge < -0.3 is 9.72 Å². The Morgan fingerprint density at radius 3 is 2.61 bits per heavy atom. The van der Waals surface area contributed by atoms with Gasteiger partial charge in [0.25, 0.3) is 5.56 Å². The predicted octanol–water partition coefficient (Wildman–Crippen LogP) is 5.99. The third kappa shape index (κ3) is 4.17. The number of nitrogens with zero attached hydrogens (tertiary/aromatic N) is 2. The molecule has 3 aromatic carbocycles. The molecule has 0 saturated heterocycles. The number of aromatic nitrogens is 3. The van der Waals surface area contributed by atoms with Crippen LogP contribution in [-0.4, -0.2) is 21.6 Å². The maximum Gasteiger partial charge on any atom is 0.283 e. The number of ether oxygens (including phenoxy) is 1. The SMILES string of the molecule is COc1cccc(CSc2nc3c(-c4ccccc4)c[nH]c3c(=O)n2-c2cccc(C)c2)c1. The largest absolute Gasteiger partial charge is 0.497 e. The summed E-state index contributed by atoms with van der Waals surface area (Å²) in [5, 5.41) is 0.651. The summed E-state index contributed by atoms with van der Waals surface area (Å²) >= 11 is 1.54. The van der Waals surface area contributed by atoms with E-state index in [0.717, 1.165) is 33.7 Å². The van der Waals surface area contributed by atoms with Crippen molar-refractivity contribution in [3.05, 3.63) is 107 Å². The molecule has 5 rings (SSSR count). The van der Waals surface area contributed by atoms with Crippen LogP contribution in [0.5, 0.6) is 5.75 Å². The summed E-state index contributed by atoms with van der Waals surface area (Å²) in [4.78, 5) is 21.8. The average Bonchev–Trinajstić information content (AvgIpc) is 3.28. The second kappa shape index (κ2) is 9.00. The smallest absolute Gasteiger partial charge is 0.283 e. The zero-order valence-electron chi connectivity index (χ0n) is 18.4. The van der Waals surface area contributed by atoms with Crippen molar-refractivity contribution in [2.45, 2.75) is 17.8 Å². The number of rotatable bonds is 6. The Balaban J connectivity index is 1.66. The van der Waals surface area contributed by atoms with Crippen molar-refractivity contribution in [3.63, 3.8) is 0 Å². The Hall–Kier alpha value is -3.77. The molecular weight excluding hydrogens is 430 g/mol. The molecule has 164 valence electrons. The van der Waals surface area contributed by atoms with Gasteiger partial charge in [-0.15, -0.1) is 0 Å². The average molecular weight is 454 g/mol. The maximum atomic E-state index is 13.7. The second-order valence-electron chi connectivity index (χ2n) is 7.81. The number of benzene rings is 3. The number of hydrogen-bond donors (Lipinski definition) is 1. The van der Waals surface area contributed by atoms with E-state index in [-0.39, 0.29) is 5.56 Å². The number of nitrogens with one attached hydrogen (secondary N) is 1. The molecule has 5 nitrogen and oxygen atoms in total. The molecule has 0 aliphatic heterocycles. The van der Waals surface area contributed by atoms with Crippen LogP contribution in [0.25, 0.3) is 27.8 Å². The van der Waals surface area contributed by atoms with Crippen LogP contribution in [-0.2, 0) is 5.75 Å². The van der Waals surface area contributed by atoms with Crippen LogP contribution in [0.2, 0.25) is 0 Å². The number of thioether (sulfide) groups is 1. The molecule has 0 radical (unpaired) electrons. The van der Waals surface area contributed by atoms with E-state index >= 15 is 0 Å². The van der Waals surface area contributed by atoms with Crippen molar-refractivity contribution in [1.82, 2.24) is 14.5 Å². The lowest BCUT2D eigenvalue weighted by Gasteiger charge is -2.13. The number of aryl methyl sites for hydroxylation is 1. The van der Waals surface area contributed by atoms with E-state index < -0.39 is 0 Å². The van der Waals surface area contributed by atoms with E-state index in [1.807, 2.05) is 85.9 Å². The number of hydrogen-bond acceptors (Lipinski definition) is 4. The summed E-state index contributed by atoms with van der Waals surface area (Å²) in [6.07, 6.45) is 1.87. The Kier molecular flexibility index (Phi) is 5.75. The van der Waals surface area contributed by atoms with Gasteiger partial charge in [-0.25, -0.2) is 4.98 Å². The molecule has 0 saturated carbocycles. The van der Waals surface area contributed by atoms with Crippen LogP contribution in [0.3, 0.4) is 0 Å². The molecule has 0 unspecified atom stereocenters. The van der Waals surface area contributed by atoms with Crippen LogP contribution < -0.4 is 10.3 Å². The zero-order chi connectivity index (χ0) is 22.8. The van der Waals surface area contributed by atoms with Gasteiger partial charge in [0.15, 0.2) is 5.16 Å². The van der Waals surface area contributed by atoms with E-state index in [1.165, 1.54) is 11.8 Å². The highest BCUT2D eigenvalue weighted by molar-refractivity contribution is 7.98. The van der Waals surface area contributed by atoms with Gasteiger partial charge in [0.05, 0.1) is 12.8 Å². The fraction of sp³-hybridized carbons (Fsp3) is 0.111. The Morgan fingerprint density at radius 1 is 1.00 bits per heavy atom. The highest BCUT2D eigenvalue weighted by Gasteiger charge is 2.18. The minimum Gasteiger partial charge on any atom is -0.497 e. The minimum atomic E-state index is -0.110. The molecule has 0 aliphatic carbocycles. The highest BCUT2D eigenvalue weighted by atomic mass is 32.2. The Bertz CT molecular complexity index is 1490. The van der Waals surface area contributed by atoms with Gasteiger partial charge in [-0.2, -0.15) is 0 Å². The lowest BCUT2D eigenvalue weighted by atomic mass is 10.1. The third-order valence-corrected chi connectivity index (χ3v) is 6.52. The van der Waals surface area contributed by atoms with Crippen LogP contribution in [0.1, 0.15) is 11.1 Å². The first kappa shape index (κ1) is 21.1. The molecule has 6 heteroatoms. The molecule has 1 N–H and O–H groups in total. The van der Waals surface area contributed by atoms with Crippen molar-refractivity contribution < 1.29 is 4.74 Å². The number of methoxy groups -OCH3 is 1. The van der Waals surface area contributed by atoms with Gasteiger partial charge in [0.2, 0.25) is 0 Å². The van der Waals surface area contributed by atoms with E-state index in [1.54, 1.807) is 11.7 Å². The van der Waals surface area contributed by atoms with Crippen LogP contribution >= 0.6 is 11.8 Å². The Labute approximate surface area is 196 Å². The maximum absolute atomic E-state index is 13.7. The van der Waals surface area contributed by atoms with Gasteiger partial charge in [0.1, 0.15) is 16.8 Å². The van der Waals surface area contributed by atoms with Gasteiger partial charge >= 0.3 is 0 Å². The standard InChI is InChI=1S/C27H23N3O2S/c1-18-8-6-12-21(14-18)30-26(31)25-24(23(16-28-25)20-10-4-3-5-11-20)29-27(30)33-17-19-9-7-13-22(15-19)32-2/h3-16,28H,17H2,1-2H3. The van der Waals surface area contributed by atoms with Crippen molar-refractivity contribution in [2.24, 2.45) is 0 Å². The first-order valence-electron chi connectivity index (χ1n) is 10.7. The molecule has 0 amide bonds. The zero-order valence-corrected chi connectivity index (χ0v) is 19.2. The van der Waals surface area contributed by atoms with Crippen LogP contribution in [0.4, 0.5) is 0 Å². The third-order valence-electron chi connectivity index (χ3n) is 5.52. The fourth-order valence-corrected chi connectivity index (χ4v) is 4.83. The molecule has 2 heterocycles. The summed E-state index contributed by atoms with van der Waals surface area (Å²) in [7, 11) is 1.66. The van der Waals surface area contributed by atoms with Crippen LogP contribution in [0.15, 0.2) is 95.0 Å². The molecule has 2 aromatic heterocycles. The molecule has 5 aromatic rings. The second-order valence-corrected chi connectivity index (χ2v) is 8.75. The predicted molar refractivity (Wildman–Crippen MR) is 134 cm³/mol. The van der Waals surface area contributed by atoms with E-state index in [4.69, 9.17) is 9.72 Å². The normalized spacial score (nSPS) is 11.1. The van der Waals surface area contributed by atoms with Gasteiger partial charge in [-0.05, 0) is 47.9 Å². The monoisotopic (exact) mass is 453 g/mol. The quantitative estimate of drug-likeness (QED) is 0.253. The molecular formula is C27H23N3O2S. The minimum absolute atomic E-state index is 0.110. The lowest BCUT2D eigenvalue weighted by Crippen LogP contribution is -2.22. The molecule has 0 fully saturated rings. The molecule has 0 atom stereocenters. The summed E-state index contributed by atoms with van der Waals surface area (Å²) in [6.45, 7) is 2.02. The van der Waals surface area contributed by atoms with Gasteiger partial charge in [0, 0.05) is 17.5 Å². The number of H-pyrrole nitrogens is 1. The van der Waals surface area contributed by atoms with Gasteiger partial charge in [-0.3, -0.25) is 9.36 Å². The topological polar surface area (TPSA) is 59.9 Å². The van der Waals surface area contributed by atoms with Crippen molar-refractivity contribution >= 4 is 22.8 Å². The first-order valence-corrected chi connectivity index (χ1v) is 11.6. The van der Waals surface area contributed by atoms with Crippen molar-refractivity contribution in [2.75, 3.05) is 7.11 Å². The fourth-order valence-electron chi connectivity index (χ4n) is 3.88. The molecule has 0 aliphatic rings. The number of aromatic amines is 1. The molecule has 33 heavy (non-hydrogen) atoms. The summed E-state index contributed by atoms with van der Waals surface area (Å²) < 4.78 is 7.06. The van der Waals surface area contributed by atoms with Crippen molar-refractivity contribution in [3.8, 4) is 22.6 Å². The van der Waals surface area contributed by atoms with E-state index in [2.05, 4.69) is 11.1 Å². The van der Waals surface area contributed by atoms with E-state index in [0.29, 0.717) is 21.9 Å². The highest BCUT2D eigenvalue weighted by Crippen LogP contribution is 2.30. The Morgan fingerprint density at radius 2 is 1.82 bits per heavy atom. The first-order chi connectivity index (χ1) is 16.1. The summed E-state index contributed by atoms with van der Waals surface area (Å²) in [5.74, 6) is 1.47. The van der Waals surface area contributed by atoms with Gasteiger partial charge in [-0.1, -0.05) is 66.4 Å². The van der Waals surface area contributed by atoms with Crippen LogP contribution in [0, 0.1) is 6.92 Å². The molecule has 0 spiro atoms. The van der Waals surface area contributed by atoms with Crippen molar-refractivity contribution in [1.29, 1.82) is 0 Å². The van der Waals surface area contributed by atoms with E-state index in [9.17, 15) is 4.79 Å². The summed E-state index contributed by atoms with van der Waals surface area (Å²) in [6, 6.07) is 25.9. The summed E-state index contributed by atoms with van der Waals surface area (Å²) in [5.41, 5.74) is 6.00. The lowest BCUT2D eigenvalue weighted by molar-refractivity contribution is 0.414.